The smallest absolute Gasteiger partial charge is 0.315 e. The van der Waals surface area contributed by atoms with Crippen LogP contribution in [0, 0.1) is 20.2 Å². The Hall–Kier alpha value is -1.24. The number of rotatable bonds is 2. The van der Waals surface area contributed by atoms with Crippen LogP contribution in [-0.4, -0.2) is 33.1 Å². The van der Waals surface area contributed by atoms with Crippen molar-refractivity contribution in [2.45, 2.75) is 51.0 Å². The van der Waals surface area contributed by atoms with Gasteiger partial charge in [0.2, 0.25) is 0 Å². The first-order valence-corrected chi connectivity index (χ1v) is 4.63. The Kier molecular flexibility index (Phi) is 2.47. The summed E-state index contributed by atoms with van der Waals surface area (Å²) in [5.74, 6) is 0. The van der Waals surface area contributed by atoms with Gasteiger partial charge in [-0.25, -0.2) is 0 Å². The van der Waals surface area contributed by atoms with Gasteiger partial charge >= 0.3 is 11.1 Å². The topological polar surface area (TPSA) is 95.5 Å². The summed E-state index contributed by atoms with van der Waals surface area (Å²) in [5, 5.41) is 22.0. The Morgan fingerprint density at radius 3 is 1.47 bits per heavy atom. The fraction of sp³-hybridized carbons (Fsp3) is 1.00. The third kappa shape index (κ3) is 1.16. The molecule has 86 valence electrons. The average molecular weight is 218 g/mol. The van der Waals surface area contributed by atoms with Gasteiger partial charge in [0, 0.05) is 23.7 Å². The molecule has 4 unspecified atom stereocenters. The zero-order chi connectivity index (χ0) is 12.0. The highest BCUT2D eigenvalue weighted by atomic mass is 16.7. The quantitative estimate of drug-likeness (QED) is 0.506. The van der Waals surface area contributed by atoms with Gasteiger partial charge < -0.3 is 4.74 Å². The zero-order valence-electron chi connectivity index (χ0n) is 9.09. The van der Waals surface area contributed by atoms with Crippen LogP contribution in [0.5, 0.6) is 0 Å². The first-order valence-electron chi connectivity index (χ1n) is 4.63. The van der Waals surface area contributed by atoms with E-state index in [0.717, 1.165) is 0 Å². The predicted octanol–water partition coefficient (Wildman–Crippen LogP) is 0.864. The largest absolute Gasteiger partial charge is 0.360 e. The predicted molar refractivity (Wildman–Crippen MR) is 50.8 cm³/mol. The first-order chi connectivity index (χ1) is 6.69. The molecule has 1 heterocycles. The second-order valence-corrected chi connectivity index (χ2v) is 4.23. The van der Waals surface area contributed by atoms with E-state index in [9.17, 15) is 20.2 Å². The molecule has 0 amide bonds. The molecule has 0 bridgehead atoms. The third-order valence-corrected chi connectivity index (χ3v) is 3.77. The van der Waals surface area contributed by atoms with Crippen molar-refractivity contribution in [2.75, 3.05) is 0 Å². The van der Waals surface area contributed by atoms with Crippen molar-refractivity contribution in [3.05, 3.63) is 20.2 Å². The fourth-order valence-electron chi connectivity index (χ4n) is 2.06. The van der Waals surface area contributed by atoms with Crippen LogP contribution in [0.3, 0.4) is 0 Å². The Morgan fingerprint density at radius 2 is 1.27 bits per heavy atom. The van der Waals surface area contributed by atoms with Gasteiger partial charge in [-0.3, -0.25) is 20.2 Å². The summed E-state index contributed by atoms with van der Waals surface area (Å²) < 4.78 is 5.23. The van der Waals surface area contributed by atoms with Gasteiger partial charge in [-0.1, -0.05) is 0 Å². The summed E-state index contributed by atoms with van der Waals surface area (Å²) in [4.78, 5) is 20.8. The van der Waals surface area contributed by atoms with Crippen LogP contribution in [0.1, 0.15) is 27.7 Å². The normalized spacial score (nSPS) is 45.3. The summed E-state index contributed by atoms with van der Waals surface area (Å²) in [5.41, 5.74) is -3.40. The van der Waals surface area contributed by atoms with Gasteiger partial charge in [-0.15, -0.1) is 0 Å². The van der Waals surface area contributed by atoms with Crippen molar-refractivity contribution in [3.8, 4) is 0 Å². The highest BCUT2D eigenvalue weighted by Gasteiger charge is 2.76. The lowest BCUT2D eigenvalue weighted by Crippen LogP contribution is -2.63. The highest BCUT2D eigenvalue weighted by Crippen LogP contribution is 2.43. The van der Waals surface area contributed by atoms with Gasteiger partial charge in [-0.05, 0) is 13.8 Å². The van der Waals surface area contributed by atoms with Crippen LogP contribution >= 0.6 is 0 Å². The molecule has 0 spiro atoms. The Bertz CT molecular complexity index is 290. The van der Waals surface area contributed by atoms with E-state index < -0.39 is 33.1 Å². The van der Waals surface area contributed by atoms with Gasteiger partial charge in [0.1, 0.15) is 12.2 Å². The minimum Gasteiger partial charge on any atom is -0.360 e. The van der Waals surface area contributed by atoms with E-state index in [0.29, 0.717) is 0 Å². The van der Waals surface area contributed by atoms with Gasteiger partial charge in [0.25, 0.3) is 0 Å². The second kappa shape index (κ2) is 3.13. The van der Waals surface area contributed by atoms with E-state index in [1.54, 1.807) is 0 Å². The molecule has 1 aliphatic heterocycles. The molecule has 0 aromatic rings. The zero-order valence-corrected chi connectivity index (χ0v) is 9.09. The van der Waals surface area contributed by atoms with Crippen LogP contribution in [-0.2, 0) is 4.74 Å². The molecule has 1 fully saturated rings. The number of hydrogen-bond donors (Lipinski definition) is 0. The number of hydrogen-bond acceptors (Lipinski definition) is 5. The van der Waals surface area contributed by atoms with E-state index >= 15 is 0 Å². The molecule has 1 saturated heterocycles. The van der Waals surface area contributed by atoms with E-state index in [4.69, 9.17) is 4.74 Å². The lowest BCUT2D eigenvalue weighted by atomic mass is 9.76. The molecule has 7 heteroatoms. The Morgan fingerprint density at radius 1 is 1.00 bits per heavy atom. The van der Waals surface area contributed by atoms with Gasteiger partial charge in [0.05, 0.1) is 0 Å². The van der Waals surface area contributed by atoms with E-state index in [1.165, 1.54) is 27.7 Å². The maximum atomic E-state index is 11.0. The lowest BCUT2D eigenvalue weighted by molar-refractivity contribution is -0.675. The van der Waals surface area contributed by atoms with Crippen LogP contribution < -0.4 is 0 Å². The Balaban J connectivity index is 3.34. The molecule has 7 nitrogen and oxygen atoms in total. The molecule has 0 N–H and O–H groups in total. The van der Waals surface area contributed by atoms with Crippen LogP contribution in [0.4, 0.5) is 0 Å². The van der Waals surface area contributed by atoms with Gasteiger partial charge in [0.15, 0.2) is 0 Å². The first kappa shape index (κ1) is 11.8. The average Bonchev–Trinajstić information content (AvgIpc) is 2.29. The maximum absolute atomic E-state index is 11.0. The molecular weight excluding hydrogens is 204 g/mol. The van der Waals surface area contributed by atoms with Crippen LogP contribution in [0.25, 0.3) is 0 Å². The van der Waals surface area contributed by atoms with Crippen LogP contribution in [0.2, 0.25) is 0 Å². The number of nitro groups is 2. The maximum Gasteiger partial charge on any atom is 0.315 e. The van der Waals surface area contributed by atoms with Crippen molar-refractivity contribution in [3.63, 3.8) is 0 Å². The minimum absolute atomic E-state index is 0.607. The molecule has 0 aromatic heterocycles. The SMILES string of the molecule is CC1OC(C)C(C)([N+](=O)[O-])C1(C)[N+](=O)[O-]. The van der Waals surface area contributed by atoms with Crippen LogP contribution in [0.15, 0.2) is 0 Å². The lowest BCUT2D eigenvalue weighted by Gasteiger charge is -2.27. The van der Waals surface area contributed by atoms with Crippen molar-refractivity contribution in [1.82, 2.24) is 0 Å². The van der Waals surface area contributed by atoms with Crippen molar-refractivity contribution >= 4 is 0 Å². The summed E-state index contributed by atoms with van der Waals surface area (Å²) in [6.07, 6.45) is -1.56. The molecule has 15 heavy (non-hydrogen) atoms. The van der Waals surface area contributed by atoms with Crippen molar-refractivity contribution < 1.29 is 14.6 Å². The molecular formula is C8H14N2O5. The second-order valence-electron chi connectivity index (χ2n) is 4.23. The standard InChI is InChI=1S/C8H14N2O5/c1-5-7(3,9(11)12)8(4,10(13)14)6(2)15-5/h5-6H,1-4H3. The Labute approximate surface area is 86.7 Å². The molecule has 0 aliphatic carbocycles. The van der Waals surface area contributed by atoms with Crippen molar-refractivity contribution in [1.29, 1.82) is 0 Å². The summed E-state index contributed by atoms with van der Waals surface area (Å²) in [7, 11) is 0. The van der Waals surface area contributed by atoms with E-state index in [-0.39, 0.29) is 0 Å². The van der Waals surface area contributed by atoms with E-state index in [1.807, 2.05) is 0 Å². The minimum atomic E-state index is -1.70. The summed E-state index contributed by atoms with van der Waals surface area (Å²) in [6.45, 7) is 5.52. The number of nitrogens with zero attached hydrogens (tertiary/aromatic N) is 2. The molecule has 1 aliphatic rings. The molecule has 0 saturated carbocycles. The van der Waals surface area contributed by atoms with Crippen molar-refractivity contribution in [2.24, 2.45) is 0 Å². The summed E-state index contributed by atoms with van der Waals surface area (Å²) >= 11 is 0. The molecule has 0 aromatic carbocycles. The highest BCUT2D eigenvalue weighted by molar-refractivity contribution is 5.07. The summed E-state index contributed by atoms with van der Waals surface area (Å²) in [6, 6.07) is 0. The molecule has 4 atom stereocenters. The third-order valence-electron chi connectivity index (χ3n) is 3.77. The fourth-order valence-corrected chi connectivity index (χ4v) is 2.06. The molecule has 0 radical (unpaired) electrons. The van der Waals surface area contributed by atoms with Gasteiger partial charge in [-0.2, -0.15) is 0 Å². The van der Waals surface area contributed by atoms with E-state index in [2.05, 4.69) is 0 Å². The number of ether oxygens (including phenoxy) is 1. The monoisotopic (exact) mass is 218 g/mol. The molecule has 1 rings (SSSR count).